The Bertz CT molecular complexity index is 1330. The van der Waals surface area contributed by atoms with Gasteiger partial charge in [0, 0.05) is 56.6 Å². The second-order valence-corrected chi connectivity index (χ2v) is 10.2. The van der Waals surface area contributed by atoms with E-state index in [0.717, 1.165) is 42.9 Å². The van der Waals surface area contributed by atoms with Crippen LogP contribution in [0.25, 0.3) is 0 Å². The number of halogens is 2. The second kappa shape index (κ2) is 11.4. The molecule has 2 N–H and O–H groups in total. The predicted octanol–water partition coefficient (Wildman–Crippen LogP) is 5.35. The fourth-order valence-electron chi connectivity index (χ4n) is 5.20. The number of carbonyl (C=O) groups excluding carboxylic acids is 2. The Kier molecular flexibility index (Phi) is 7.77. The Balaban J connectivity index is 1.22. The van der Waals surface area contributed by atoms with Gasteiger partial charge in [-0.1, -0.05) is 48.0 Å². The molecule has 2 atom stereocenters. The first-order valence-electron chi connectivity index (χ1n) is 12.7. The summed E-state index contributed by atoms with van der Waals surface area (Å²) in [5, 5.41) is 6.40. The molecule has 8 heteroatoms. The van der Waals surface area contributed by atoms with E-state index in [1.165, 1.54) is 18.2 Å². The van der Waals surface area contributed by atoms with Crippen LogP contribution >= 0.6 is 11.6 Å². The third-order valence-corrected chi connectivity index (χ3v) is 7.58. The van der Waals surface area contributed by atoms with Crippen LogP contribution in [0, 0.1) is 11.7 Å². The van der Waals surface area contributed by atoms with Gasteiger partial charge < -0.3 is 15.5 Å². The summed E-state index contributed by atoms with van der Waals surface area (Å²) in [7, 11) is 1.84. The fourth-order valence-corrected chi connectivity index (χ4v) is 5.44. The quantitative estimate of drug-likeness (QED) is 0.410. The molecule has 0 saturated carbocycles. The van der Waals surface area contributed by atoms with Crippen LogP contribution in [0.15, 0.2) is 84.6 Å². The van der Waals surface area contributed by atoms with Crippen molar-refractivity contribution in [2.24, 2.45) is 5.92 Å². The standard InChI is InChI=1S/C30H30ClFN4O2/c1-33-24-12-10-21(11-13-24)29(37)34-27(20-6-3-2-4-7-20)14-15-35-16-22-18-36(19-23(22)17-35)30(38)28-25(31)8-5-9-26(28)32/h2-13,18,23,27,33H,14-17,19H2,1H3,(H,34,37)/t23?,27-/m0/s1. The molecule has 0 radical (unpaired) electrons. The summed E-state index contributed by atoms with van der Waals surface area (Å²) in [6, 6.07) is 21.6. The minimum atomic E-state index is -0.605. The van der Waals surface area contributed by atoms with Gasteiger partial charge in [0.1, 0.15) is 5.82 Å². The van der Waals surface area contributed by atoms with Gasteiger partial charge in [-0.15, -0.1) is 0 Å². The predicted molar refractivity (Wildman–Crippen MR) is 148 cm³/mol. The molecule has 2 aliphatic heterocycles. The normalized spacial score (nSPS) is 17.6. The molecule has 2 heterocycles. The van der Waals surface area contributed by atoms with Crippen molar-refractivity contribution in [1.82, 2.24) is 15.1 Å². The lowest BCUT2D eigenvalue weighted by molar-refractivity contribution is 0.0816. The van der Waals surface area contributed by atoms with Gasteiger partial charge in [0.2, 0.25) is 0 Å². The number of fused-ring (bicyclic) bond motifs is 1. The summed E-state index contributed by atoms with van der Waals surface area (Å²) in [5.41, 5.74) is 3.71. The number of anilines is 1. The van der Waals surface area contributed by atoms with Gasteiger partial charge in [-0.3, -0.25) is 14.5 Å². The number of hydrogen-bond donors (Lipinski definition) is 2. The number of benzene rings is 3. The van der Waals surface area contributed by atoms with Crippen molar-refractivity contribution >= 4 is 29.1 Å². The van der Waals surface area contributed by atoms with E-state index >= 15 is 0 Å². The molecule has 1 saturated heterocycles. The lowest BCUT2D eigenvalue weighted by Gasteiger charge is -2.24. The van der Waals surface area contributed by atoms with E-state index in [-0.39, 0.29) is 28.5 Å². The molecule has 1 unspecified atom stereocenters. The van der Waals surface area contributed by atoms with Gasteiger partial charge in [-0.05, 0) is 54.0 Å². The fraction of sp³-hybridized carbons (Fsp3) is 0.267. The van der Waals surface area contributed by atoms with Crippen LogP contribution in [-0.4, -0.2) is 54.8 Å². The highest BCUT2D eigenvalue weighted by atomic mass is 35.5. The molecule has 0 spiro atoms. The van der Waals surface area contributed by atoms with Crippen molar-refractivity contribution in [2.75, 3.05) is 38.5 Å². The number of hydrogen-bond acceptors (Lipinski definition) is 4. The minimum Gasteiger partial charge on any atom is -0.388 e. The Morgan fingerprint density at radius 3 is 2.47 bits per heavy atom. The van der Waals surface area contributed by atoms with Crippen LogP contribution in [0.5, 0.6) is 0 Å². The van der Waals surface area contributed by atoms with Gasteiger partial charge in [-0.25, -0.2) is 4.39 Å². The van der Waals surface area contributed by atoms with E-state index in [1.54, 1.807) is 4.90 Å². The van der Waals surface area contributed by atoms with Crippen molar-refractivity contribution in [3.8, 4) is 0 Å². The van der Waals surface area contributed by atoms with Crippen molar-refractivity contribution < 1.29 is 14.0 Å². The first kappa shape index (κ1) is 25.9. The first-order valence-corrected chi connectivity index (χ1v) is 13.1. The van der Waals surface area contributed by atoms with Crippen molar-refractivity contribution in [1.29, 1.82) is 0 Å². The van der Waals surface area contributed by atoms with E-state index in [0.29, 0.717) is 12.1 Å². The number of rotatable bonds is 8. The summed E-state index contributed by atoms with van der Waals surface area (Å²) in [5.74, 6) is -0.911. The monoisotopic (exact) mass is 532 g/mol. The maximum atomic E-state index is 14.3. The second-order valence-electron chi connectivity index (χ2n) is 9.74. The average Bonchev–Trinajstić information content (AvgIpc) is 3.50. The Morgan fingerprint density at radius 2 is 1.79 bits per heavy atom. The number of nitrogens with zero attached hydrogens (tertiary/aromatic N) is 2. The van der Waals surface area contributed by atoms with Crippen LogP contribution in [0.4, 0.5) is 10.1 Å². The minimum absolute atomic E-state index is 0.0788. The SMILES string of the molecule is CNc1ccc(C(=O)N[C@@H](CCN2CC3=CN(C(=O)c4c(F)cccc4Cl)CC3C2)c2ccccc2)cc1. The maximum absolute atomic E-state index is 14.3. The third-order valence-electron chi connectivity index (χ3n) is 7.26. The summed E-state index contributed by atoms with van der Waals surface area (Å²) in [6.07, 6.45) is 2.60. The molecular formula is C30H30ClFN4O2. The number of amides is 2. The van der Waals surface area contributed by atoms with Crippen molar-refractivity contribution in [3.05, 3.63) is 112 Å². The maximum Gasteiger partial charge on any atom is 0.262 e. The molecule has 0 aliphatic carbocycles. The summed E-state index contributed by atoms with van der Waals surface area (Å²) in [4.78, 5) is 29.9. The topological polar surface area (TPSA) is 64.7 Å². The Hall–Kier alpha value is -3.68. The highest BCUT2D eigenvalue weighted by Gasteiger charge is 2.36. The smallest absolute Gasteiger partial charge is 0.262 e. The van der Waals surface area contributed by atoms with Crippen LogP contribution in [-0.2, 0) is 0 Å². The molecule has 2 amide bonds. The van der Waals surface area contributed by atoms with Gasteiger partial charge >= 0.3 is 0 Å². The van der Waals surface area contributed by atoms with E-state index < -0.39 is 11.7 Å². The summed E-state index contributed by atoms with van der Waals surface area (Å²) < 4.78 is 14.3. The van der Waals surface area contributed by atoms with Crippen LogP contribution in [0.2, 0.25) is 5.02 Å². The lowest BCUT2D eigenvalue weighted by atomic mass is 10.0. The van der Waals surface area contributed by atoms with Crippen LogP contribution in [0.1, 0.15) is 38.7 Å². The molecule has 3 aromatic carbocycles. The van der Waals surface area contributed by atoms with Crippen molar-refractivity contribution in [3.63, 3.8) is 0 Å². The molecule has 2 aliphatic rings. The van der Waals surface area contributed by atoms with E-state index in [1.807, 2.05) is 67.8 Å². The molecule has 5 rings (SSSR count). The molecule has 38 heavy (non-hydrogen) atoms. The van der Waals surface area contributed by atoms with E-state index in [4.69, 9.17) is 11.6 Å². The Morgan fingerprint density at radius 1 is 1.03 bits per heavy atom. The highest BCUT2D eigenvalue weighted by molar-refractivity contribution is 6.33. The third kappa shape index (κ3) is 5.59. The average molecular weight is 533 g/mol. The molecule has 1 fully saturated rings. The zero-order valence-corrected chi connectivity index (χ0v) is 21.9. The largest absolute Gasteiger partial charge is 0.388 e. The van der Waals surface area contributed by atoms with Gasteiger partial charge in [0.05, 0.1) is 16.6 Å². The van der Waals surface area contributed by atoms with Crippen LogP contribution < -0.4 is 10.6 Å². The van der Waals surface area contributed by atoms with E-state index in [9.17, 15) is 14.0 Å². The van der Waals surface area contributed by atoms with Gasteiger partial charge in [-0.2, -0.15) is 0 Å². The molecule has 0 bridgehead atoms. The van der Waals surface area contributed by atoms with Crippen molar-refractivity contribution in [2.45, 2.75) is 12.5 Å². The molecule has 0 aromatic heterocycles. The summed E-state index contributed by atoms with van der Waals surface area (Å²) in [6.45, 7) is 2.85. The number of nitrogens with one attached hydrogen (secondary N) is 2. The Labute approximate surface area is 227 Å². The van der Waals surface area contributed by atoms with Gasteiger partial charge in [0.15, 0.2) is 0 Å². The first-order chi connectivity index (χ1) is 18.4. The zero-order valence-electron chi connectivity index (χ0n) is 21.2. The summed E-state index contributed by atoms with van der Waals surface area (Å²) >= 11 is 6.11. The number of carbonyl (C=O) groups is 2. The molecular weight excluding hydrogens is 503 g/mol. The molecule has 3 aromatic rings. The van der Waals surface area contributed by atoms with Crippen LogP contribution in [0.3, 0.4) is 0 Å². The molecule has 196 valence electrons. The van der Waals surface area contributed by atoms with Gasteiger partial charge in [0.25, 0.3) is 11.8 Å². The molecule has 6 nitrogen and oxygen atoms in total. The number of likely N-dealkylation sites (tertiary alicyclic amines) is 1. The zero-order chi connectivity index (χ0) is 26.6. The van der Waals surface area contributed by atoms with E-state index in [2.05, 4.69) is 15.5 Å². The lowest BCUT2D eigenvalue weighted by Crippen LogP contribution is -2.33. The highest BCUT2D eigenvalue weighted by Crippen LogP contribution is 2.32.